The molecule has 1 atom stereocenters. The third-order valence-electron chi connectivity index (χ3n) is 4.71. The van der Waals surface area contributed by atoms with Crippen LogP contribution in [0, 0.1) is 6.92 Å². The number of likely N-dealkylation sites (tertiary alicyclic amines) is 1. The van der Waals surface area contributed by atoms with E-state index >= 15 is 0 Å². The molecule has 1 N–H and O–H groups in total. The van der Waals surface area contributed by atoms with E-state index in [-0.39, 0.29) is 22.9 Å². The molecule has 0 saturated carbocycles. The van der Waals surface area contributed by atoms with Crippen molar-refractivity contribution < 1.29 is 4.79 Å². The maximum absolute atomic E-state index is 12.6. The van der Waals surface area contributed by atoms with Gasteiger partial charge in [-0.25, -0.2) is 4.98 Å². The molecule has 1 aliphatic rings. The molecule has 7 nitrogen and oxygen atoms in total. The molecule has 0 bridgehead atoms. The Morgan fingerprint density at radius 2 is 2.20 bits per heavy atom. The highest BCUT2D eigenvalue weighted by atomic mass is 16.2. The summed E-state index contributed by atoms with van der Waals surface area (Å²) in [6.45, 7) is 3.52. The Kier molecular flexibility index (Phi) is 5.11. The summed E-state index contributed by atoms with van der Waals surface area (Å²) in [6, 6.07) is 6.60. The van der Waals surface area contributed by atoms with Crippen molar-refractivity contribution in [3.63, 3.8) is 0 Å². The Morgan fingerprint density at radius 1 is 1.36 bits per heavy atom. The van der Waals surface area contributed by atoms with Gasteiger partial charge in [-0.05, 0) is 25.8 Å². The maximum atomic E-state index is 12.6. The number of carbonyl (C=O) groups is 1. The van der Waals surface area contributed by atoms with Crippen LogP contribution in [0.4, 0.5) is 0 Å². The van der Waals surface area contributed by atoms with Gasteiger partial charge in [0, 0.05) is 49.8 Å². The van der Waals surface area contributed by atoms with Crippen LogP contribution in [0.15, 0.2) is 40.2 Å². The molecule has 1 saturated heterocycles. The van der Waals surface area contributed by atoms with Gasteiger partial charge in [-0.3, -0.25) is 14.4 Å². The van der Waals surface area contributed by atoms with Crippen LogP contribution >= 0.6 is 0 Å². The van der Waals surface area contributed by atoms with Crippen molar-refractivity contribution in [3.8, 4) is 0 Å². The van der Waals surface area contributed by atoms with Gasteiger partial charge in [-0.2, -0.15) is 0 Å². The van der Waals surface area contributed by atoms with Crippen LogP contribution in [0.3, 0.4) is 0 Å². The zero-order chi connectivity index (χ0) is 17.8. The lowest BCUT2D eigenvalue weighted by Crippen LogP contribution is -2.40. The molecule has 0 spiro atoms. The number of pyridine rings is 1. The minimum Gasteiger partial charge on any atom is -0.342 e. The molecule has 2 aromatic heterocycles. The van der Waals surface area contributed by atoms with Crippen molar-refractivity contribution in [1.82, 2.24) is 19.4 Å². The first-order chi connectivity index (χ1) is 12.0. The molecule has 3 heterocycles. The summed E-state index contributed by atoms with van der Waals surface area (Å²) in [5, 5.41) is 0. The minimum absolute atomic E-state index is 0.0321. The van der Waals surface area contributed by atoms with Gasteiger partial charge in [-0.1, -0.05) is 6.07 Å². The molecule has 132 valence electrons. The number of carbonyl (C=O) groups excluding carboxylic acids is 1. The van der Waals surface area contributed by atoms with Gasteiger partial charge >= 0.3 is 0 Å². The fraction of sp³-hybridized carbons (Fsp3) is 0.444. The molecule has 25 heavy (non-hydrogen) atoms. The number of hydrogen-bond acceptors (Lipinski definition) is 4. The second-order valence-electron chi connectivity index (χ2n) is 6.42. The van der Waals surface area contributed by atoms with Crippen molar-refractivity contribution in [2.24, 2.45) is 0 Å². The molecule has 1 aliphatic heterocycles. The fourth-order valence-electron chi connectivity index (χ4n) is 3.33. The second-order valence-corrected chi connectivity index (χ2v) is 6.42. The van der Waals surface area contributed by atoms with Crippen LogP contribution in [0.25, 0.3) is 0 Å². The normalized spacial score (nSPS) is 17.5. The first-order valence-electron chi connectivity index (χ1n) is 8.53. The highest BCUT2D eigenvalue weighted by Crippen LogP contribution is 2.25. The van der Waals surface area contributed by atoms with E-state index in [4.69, 9.17) is 0 Å². The Hall–Kier alpha value is -2.70. The number of piperidine rings is 1. The van der Waals surface area contributed by atoms with Gasteiger partial charge in [0.2, 0.25) is 5.91 Å². The topological polar surface area (TPSA) is 88.1 Å². The number of aryl methyl sites for hydroxylation is 1. The molecule has 2 aromatic rings. The largest absolute Gasteiger partial charge is 0.342 e. The third kappa shape index (κ3) is 4.04. The van der Waals surface area contributed by atoms with Crippen molar-refractivity contribution in [2.45, 2.75) is 38.6 Å². The molecular formula is C18H22N4O3. The molecule has 0 aliphatic carbocycles. The summed E-state index contributed by atoms with van der Waals surface area (Å²) in [6.07, 6.45) is 3.50. The molecular weight excluding hydrogens is 320 g/mol. The van der Waals surface area contributed by atoms with Gasteiger partial charge in [0.15, 0.2) is 0 Å². The number of aromatic nitrogens is 3. The van der Waals surface area contributed by atoms with Crippen molar-refractivity contribution in [3.05, 3.63) is 62.7 Å². The average Bonchev–Trinajstić information content (AvgIpc) is 2.61. The number of nitrogens with one attached hydrogen (secondary N) is 1. The predicted molar refractivity (Wildman–Crippen MR) is 93.5 cm³/mol. The number of rotatable bonds is 4. The lowest BCUT2D eigenvalue weighted by Gasteiger charge is -2.32. The van der Waals surface area contributed by atoms with E-state index in [0.29, 0.717) is 26.1 Å². The van der Waals surface area contributed by atoms with E-state index in [1.165, 1.54) is 18.5 Å². The van der Waals surface area contributed by atoms with Crippen LogP contribution < -0.4 is 11.1 Å². The molecule has 7 heteroatoms. The quantitative estimate of drug-likeness (QED) is 0.899. The molecule has 0 radical (unpaired) electrons. The van der Waals surface area contributed by atoms with E-state index < -0.39 is 0 Å². The van der Waals surface area contributed by atoms with Crippen LogP contribution in [0.1, 0.15) is 36.6 Å². The highest BCUT2D eigenvalue weighted by Gasteiger charge is 2.25. The number of H-pyrrole nitrogens is 1. The van der Waals surface area contributed by atoms with Gasteiger partial charge in [0.25, 0.3) is 11.1 Å². The molecule has 1 fully saturated rings. The van der Waals surface area contributed by atoms with Crippen LogP contribution in [-0.4, -0.2) is 38.4 Å². The number of nitrogens with zero attached hydrogens (tertiary/aromatic N) is 3. The Labute approximate surface area is 145 Å². The summed E-state index contributed by atoms with van der Waals surface area (Å²) < 4.78 is 1.62. The maximum Gasteiger partial charge on any atom is 0.250 e. The standard InChI is InChI=1S/C18H22N4O3/c1-13-4-2-6-18(25)22(13)9-7-17(24)21-8-3-5-14(11-21)15-10-16(23)20-12-19-15/h2,4,6,10,12,14H,3,5,7-9,11H2,1H3,(H,19,20,23)/t14-/m1/s1. The number of amides is 1. The fourth-order valence-corrected chi connectivity index (χ4v) is 3.33. The number of hydrogen-bond donors (Lipinski definition) is 1. The summed E-state index contributed by atoms with van der Waals surface area (Å²) >= 11 is 0. The van der Waals surface area contributed by atoms with Crippen molar-refractivity contribution in [1.29, 1.82) is 0 Å². The predicted octanol–water partition coefficient (Wildman–Crippen LogP) is 1.04. The van der Waals surface area contributed by atoms with E-state index in [1.807, 2.05) is 17.9 Å². The molecule has 0 aromatic carbocycles. The molecule has 3 rings (SSSR count). The third-order valence-corrected chi connectivity index (χ3v) is 4.71. The smallest absolute Gasteiger partial charge is 0.250 e. The SMILES string of the molecule is Cc1cccc(=O)n1CCC(=O)N1CCC[C@@H](c2cc(=O)[nH]cn2)C1. The molecule has 0 unspecified atom stereocenters. The minimum atomic E-state index is -0.174. The Morgan fingerprint density at radius 3 is 2.96 bits per heavy atom. The Bertz CT molecular complexity index is 871. The summed E-state index contributed by atoms with van der Waals surface area (Å²) in [4.78, 5) is 44.5. The van der Waals surface area contributed by atoms with Crippen LogP contribution in [0.5, 0.6) is 0 Å². The van der Waals surface area contributed by atoms with E-state index in [9.17, 15) is 14.4 Å². The van der Waals surface area contributed by atoms with Crippen LogP contribution in [0.2, 0.25) is 0 Å². The van der Waals surface area contributed by atoms with Crippen molar-refractivity contribution in [2.75, 3.05) is 13.1 Å². The summed E-state index contributed by atoms with van der Waals surface area (Å²) in [7, 11) is 0. The number of aromatic amines is 1. The first-order valence-corrected chi connectivity index (χ1v) is 8.53. The summed E-state index contributed by atoms with van der Waals surface area (Å²) in [5.41, 5.74) is 1.32. The summed E-state index contributed by atoms with van der Waals surface area (Å²) in [5.74, 6) is 0.117. The van der Waals surface area contributed by atoms with E-state index in [1.54, 1.807) is 10.6 Å². The average molecular weight is 342 g/mol. The van der Waals surface area contributed by atoms with Gasteiger partial charge < -0.3 is 14.5 Å². The van der Waals surface area contributed by atoms with E-state index in [0.717, 1.165) is 24.2 Å². The highest BCUT2D eigenvalue weighted by molar-refractivity contribution is 5.76. The van der Waals surface area contributed by atoms with Gasteiger partial charge in [0.05, 0.1) is 12.0 Å². The zero-order valence-corrected chi connectivity index (χ0v) is 14.3. The van der Waals surface area contributed by atoms with Gasteiger partial charge in [-0.15, -0.1) is 0 Å². The zero-order valence-electron chi connectivity index (χ0n) is 14.3. The Balaban J connectivity index is 1.64. The first kappa shape index (κ1) is 17.1. The van der Waals surface area contributed by atoms with E-state index in [2.05, 4.69) is 9.97 Å². The lowest BCUT2D eigenvalue weighted by atomic mass is 9.94. The lowest BCUT2D eigenvalue weighted by molar-refractivity contribution is -0.132. The van der Waals surface area contributed by atoms with Gasteiger partial charge in [0.1, 0.15) is 0 Å². The molecule has 1 amide bonds. The second kappa shape index (κ2) is 7.46. The monoisotopic (exact) mass is 342 g/mol. The van der Waals surface area contributed by atoms with Crippen molar-refractivity contribution >= 4 is 5.91 Å². The van der Waals surface area contributed by atoms with Crippen LogP contribution in [-0.2, 0) is 11.3 Å².